The highest BCUT2D eigenvalue weighted by Crippen LogP contribution is 2.35. The summed E-state index contributed by atoms with van der Waals surface area (Å²) in [5, 5.41) is 4.08. The van der Waals surface area contributed by atoms with Gasteiger partial charge in [-0.1, -0.05) is 36.7 Å². The van der Waals surface area contributed by atoms with Gasteiger partial charge in [-0.3, -0.25) is 4.79 Å². The minimum absolute atomic E-state index is 0.241. The number of hydrogen-bond donors (Lipinski definition) is 1. The number of carbonyl (C=O) groups is 1. The molecule has 1 saturated heterocycles. The molecule has 152 valence electrons. The van der Waals surface area contributed by atoms with Crippen molar-refractivity contribution >= 4 is 54.6 Å². The van der Waals surface area contributed by atoms with Gasteiger partial charge in [-0.25, -0.2) is 8.42 Å². The molecule has 8 heteroatoms. The first-order valence-corrected chi connectivity index (χ1v) is 12.1. The van der Waals surface area contributed by atoms with Crippen LogP contribution in [0.5, 0.6) is 0 Å². The predicted molar refractivity (Wildman–Crippen MR) is 118 cm³/mol. The van der Waals surface area contributed by atoms with Crippen LogP contribution in [-0.4, -0.2) is 31.7 Å². The number of halogens is 1. The first-order valence-electron chi connectivity index (χ1n) is 9.45. The molecule has 5 nitrogen and oxygen atoms in total. The normalized spacial score (nSPS) is 16.2. The van der Waals surface area contributed by atoms with Crippen molar-refractivity contribution in [2.45, 2.75) is 24.7 Å². The van der Waals surface area contributed by atoms with Crippen LogP contribution in [0, 0.1) is 5.92 Å². The largest absolute Gasteiger partial charge is 0.321 e. The van der Waals surface area contributed by atoms with Crippen LogP contribution in [-0.2, 0) is 10.0 Å². The molecule has 1 fully saturated rings. The lowest BCUT2D eigenvalue weighted by Crippen LogP contribution is -2.37. The Morgan fingerprint density at radius 2 is 1.76 bits per heavy atom. The Morgan fingerprint density at radius 3 is 2.41 bits per heavy atom. The maximum absolute atomic E-state index is 12.8. The van der Waals surface area contributed by atoms with Crippen LogP contribution in [0.3, 0.4) is 0 Å². The molecule has 29 heavy (non-hydrogen) atoms. The summed E-state index contributed by atoms with van der Waals surface area (Å²) in [5.74, 6) is 0.247. The van der Waals surface area contributed by atoms with Crippen molar-refractivity contribution in [2.75, 3.05) is 18.4 Å². The molecule has 1 N–H and O–H groups in total. The van der Waals surface area contributed by atoms with Gasteiger partial charge < -0.3 is 5.32 Å². The molecule has 1 aromatic heterocycles. The van der Waals surface area contributed by atoms with E-state index in [0.29, 0.717) is 34.6 Å². The van der Waals surface area contributed by atoms with Gasteiger partial charge in [0.1, 0.15) is 4.88 Å². The van der Waals surface area contributed by atoms with Gasteiger partial charge in [0, 0.05) is 28.9 Å². The molecule has 1 amide bonds. The van der Waals surface area contributed by atoms with Crippen molar-refractivity contribution in [2.24, 2.45) is 5.92 Å². The van der Waals surface area contributed by atoms with Gasteiger partial charge >= 0.3 is 0 Å². The highest BCUT2D eigenvalue weighted by Gasteiger charge is 2.28. The Balaban J connectivity index is 1.50. The minimum atomic E-state index is -3.51. The molecule has 0 aliphatic carbocycles. The van der Waals surface area contributed by atoms with Gasteiger partial charge in [0.2, 0.25) is 10.0 Å². The summed E-state index contributed by atoms with van der Waals surface area (Å²) in [6.07, 6.45) is 1.76. The topological polar surface area (TPSA) is 66.5 Å². The van der Waals surface area contributed by atoms with E-state index < -0.39 is 10.0 Å². The molecule has 2 aromatic carbocycles. The van der Waals surface area contributed by atoms with Crippen molar-refractivity contribution in [1.29, 1.82) is 0 Å². The smallest absolute Gasteiger partial charge is 0.267 e. The Morgan fingerprint density at radius 1 is 1.10 bits per heavy atom. The van der Waals surface area contributed by atoms with E-state index in [-0.39, 0.29) is 10.8 Å². The van der Waals surface area contributed by atoms with Crippen molar-refractivity contribution in [3.63, 3.8) is 0 Å². The molecule has 4 rings (SSSR count). The van der Waals surface area contributed by atoms with Crippen molar-refractivity contribution in [3.05, 3.63) is 58.4 Å². The van der Waals surface area contributed by atoms with E-state index in [1.165, 1.54) is 27.8 Å². The zero-order valence-corrected chi connectivity index (χ0v) is 18.3. The number of nitrogens with zero attached hydrogens (tertiary/aromatic N) is 1. The molecule has 1 aliphatic rings. The van der Waals surface area contributed by atoms with Gasteiger partial charge in [-0.05, 0) is 49.1 Å². The molecule has 0 saturated carbocycles. The number of nitrogens with one attached hydrogen (secondary N) is 1. The summed E-state index contributed by atoms with van der Waals surface area (Å²) in [4.78, 5) is 13.3. The lowest BCUT2D eigenvalue weighted by atomic mass is 10.0. The second kappa shape index (κ2) is 8.07. The average Bonchev–Trinajstić information content (AvgIpc) is 3.06. The second-order valence-electron chi connectivity index (χ2n) is 7.31. The summed E-state index contributed by atoms with van der Waals surface area (Å²) in [6, 6.07) is 13.9. The number of carbonyl (C=O) groups excluding carboxylic acids is 1. The van der Waals surface area contributed by atoms with E-state index in [9.17, 15) is 13.2 Å². The van der Waals surface area contributed by atoms with Crippen LogP contribution < -0.4 is 5.32 Å². The van der Waals surface area contributed by atoms with E-state index in [1.54, 1.807) is 12.1 Å². The standard InChI is InChI=1S/C21H21ClN2O3S2/c1-14-10-12-24(13-11-14)29(26,27)16-8-6-15(7-9-16)23-21(25)20-19(22)17-4-2-3-5-18(17)28-20/h2-9,14H,10-13H2,1H3,(H,23,25). The third-order valence-electron chi connectivity index (χ3n) is 5.23. The number of benzene rings is 2. The van der Waals surface area contributed by atoms with Gasteiger partial charge in [0.25, 0.3) is 5.91 Å². The second-order valence-corrected chi connectivity index (χ2v) is 10.7. The lowest BCUT2D eigenvalue weighted by Gasteiger charge is -2.29. The molecule has 1 aliphatic heterocycles. The number of piperidine rings is 1. The van der Waals surface area contributed by atoms with Crippen LogP contribution >= 0.6 is 22.9 Å². The zero-order valence-electron chi connectivity index (χ0n) is 15.9. The van der Waals surface area contributed by atoms with E-state index in [4.69, 9.17) is 11.6 Å². The summed E-state index contributed by atoms with van der Waals surface area (Å²) < 4.78 is 28.1. The highest BCUT2D eigenvalue weighted by atomic mass is 35.5. The van der Waals surface area contributed by atoms with Crippen LogP contribution in [0.1, 0.15) is 29.4 Å². The van der Waals surface area contributed by atoms with E-state index in [0.717, 1.165) is 22.9 Å². The summed E-state index contributed by atoms with van der Waals surface area (Å²) in [7, 11) is -3.51. The maximum atomic E-state index is 12.8. The Labute approximate surface area is 179 Å². The predicted octanol–water partition coefficient (Wildman–Crippen LogP) is 5.23. The highest BCUT2D eigenvalue weighted by molar-refractivity contribution is 7.89. The fourth-order valence-corrected chi connectivity index (χ4v) is 6.31. The third kappa shape index (κ3) is 4.05. The molecule has 3 aromatic rings. The molecule has 0 bridgehead atoms. The average molecular weight is 449 g/mol. The first-order chi connectivity index (χ1) is 13.9. The molecule has 0 radical (unpaired) electrons. The molecule has 2 heterocycles. The van der Waals surface area contributed by atoms with Crippen molar-refractivity contribution in [3.8, 4) is 0 Å². The first kappa shape index (κ1) is 20.3. The molecular weight excluding hydrogens is 428 g/mol. The van der Waals surface area contributed by atoms with E-state index in [2.05, 4.69) is 12.2 Å². The van der Waals surface area contributed by atoms with E-state index >= 15 is 0 Å². The van der Waals surface area contributed by atoms with Gasteiger partial charge in [0.05, 0.1) is 9.92 Å². The van der Waals surface area contributed by atoms with Gasteiger partial charge in [-0.2, -0.15) is 4.31 Å². The Hall–Kier alpha value is -1.93. The number of rotatable bonds is 4. The minimum Gasteiger partial charge on any atom is -0.321 e. The number of hydrogen-bond acceptors (Lipinski definition) is 4. The SMILES string of the molecule is CC1CCN(S(=O)(=O)c2ccc(NC(=O)c3sc4ccccc4c3Cl)cc2)CC1. The summed E-state index contributed by atoms with van der Waals surface area (Å²) in [5.41, 5.74) is 0.523. The zero-order chi connectivity index (χ0) is 20.6. The molecular formula is C21H21ClN2O3S2. The van der Waals surface area contributed by atoms with Gasteiger partial charge in [0.15, 0.2) is 0 Å². The summed E-state index contributed by atoms with van der Waals surface area (Å²) >= 11 is 7.70. The number of thiophene rings is 1. The lowest BCUT2D eigenvalue weighted by molar-refractivity contribution is 0.103. The number of anilines is 1. The molecule has 0 atom stereocenters. The quantitative estimate of drug-likeness (QED) is 0.594. The van der Waals surface area contributed by atoms with Gasteiger partial charge in [-0.15, -0.1) is 11.3 Å². The molecule has 0 spiro atoms. The van der Waals surface area contributed by atoms with Crippen LogP contribution in [0.4, 0.5) is 5.69 Å². The third-order valence-corrected chi connectivity index (χ3v) is 8.82. The van der Waals surface area contributed by atoms with Crippen molar-refractivity contribution < 1.29 is 13.2 Å². The monoisotopic (exact) mass is 448 g/mol. The maximum Gasteiger partial charge on any atom is 0.267 e. The van der Waals surface area contributed by atoms with Crippen LogP contribution in [0.15, 0.2) is 53.4 Å². The number of sulfonamides is 1. The van der Waals surface area contributed by atoms with Crippen molar-refractivity contribution in [1.82, 2.24) is 4.31 Å². The molecule has 0 unspecified atom stereocenters. The Kier molecular flexibility index (Phi) is 5.66. The summed E-state index contributed by atoms with van der Waals surface area (Å²) in [6.45, 7) is 3.24. The fourth-order valence-electron chi connectivity index (χ4n) is 3.43. The van der Waals surface area contributed by atoms with Crippen LogP contribution in [0.25, 0.3) is 10.1 Å². The van der Waals surface area contributed by atoms with E-state index in [1.807, 2.05) is 24.3 Å². The fraction of sp³-hybridized carbons (Fsp3) is 0.286. The number of fused-ring (bicyclic) bond motifs is 1. The Bertz CT molecular complexity index is 1150. The number of amides is 1. The van der Waals surface area contributed by atoms with Crippen LogP contribution in [0.2, 0.25) is 5.02 Å².